The standard InChI is InChI=1S/C18H25NO4/c1-11-8-15(9-12(2)17(11)23-10-16(20)21)18(22)19-13(3)4-5-14-6-7-14/h8-9,13-14H,4-7,10H2,1-3H3,(H,19,22)(H,20,21). The fourth-order valence-electron chi connectivity index (χ4n) is 2.71. The van der Waals surface area contributed by atoms with E-state index in [9.17, 15) is 9.59 Å². The van der Waals surface area contributed by atoms with E-state index in [0.29, 0.717) is 11.3 Å². The number of carboxylic acid groups (broad SMARTS) is 1. The van der Waals surface area contributed by atoms with Crippen molar-refractivity contribution in [2.75, 3.05) is 6.61 Å². The minimum Gasteiger partial charge on any atom is -0.481 e. The summed E-state index contributed by atoms with van der Waals surface area (Å²) in [6, 6.07) is 3.65. The number of nitrogens with one attached hydrogen (secondary N) is 1. The van der Waals surface area contributed by atoms with Gasteiger partial charge in [0.1, 0.15) is 5.75 Å². The van der Waals surface area contributed by atoms with Crippen molar-refractivity contribution >= 4 is 11.9 Å². The molecule has 1 unspecified atom stereocenters. The zero-order chi connectivity index (χ0) is 17.0. The Morgan fingerprint density at radius 1 is 1.30 bits per heavy atom. The molecule has 1 aliphatic carbocycles. The van der Waals surface area contributed by atoms with Gasteiger partial charge in [0.15, 0.2) is 6.61 Å². The average molecular weight is 319 g/mol. The van der Waals surface area contributed by atoms with E-state index >= 15 is 0 Å². The molecule has 126 valence electrons. The molecule has 0 bridgehead atoms. The number of aryl methyl sites for hydroxylation is 2. The quantitative estimate of drug-likeness (QED) is 0.772. The first-order valence-electron chi connectivity index (χ1n) is 8.13. The summed E-state index contributed by atoms with van der Waals surface area (Å²) >= 11 is 0. The van der Waals surface area contributed by atoms with E-state index in [0.717, 1.165) is 23.5 Å². The number of carboxylic acids is 1. The molecule has 1 amide bonds. The highest BCUT2D eigenvalue weighted by Crippen LogP contribution is 2.33. The van der Waals surface area contributed by atoms with Crippen LogP contribution in [0.5, 0.6) is 5.75 Å². The van der Waals surface area contributed by atoms with Crippen molar-refractivity contribution in [2.45, 2.75) is 52.5 Å². The van der Waals surface area contributed by atoms with Gasteiger partial charge in [-0.3, -0.25) is 4.79 Å². The first-order chi connectivity index (χ1) is 10.9. The van der Waals surface area contributed by atoms with Crippen molar-refractivity contribution in [3.63, 3.8) is 0 Å². The predicted octanol–water partition coefficient (Wildman–Crippen LogP) is 3.08. The minimum atomic E-state index is -1.02. The highest BCUT2D eigenvalue weighted by atomic mass is 16.5. The van der Waals surface area contributed by atoms with Crippen molar-refractivity contribution in [2.24, 2.45) is 5.92 Å². The van der Waals surface area contributed by atoms with E-state index < -0.39 is 5.97 Å². The monoisotopic (exact) mass is 319 g/mol. The van der Waals surface area contributed by atoms with Gasteiger partial charge in [-0.05, 0) is 62.8 Å². The number of hydrogen-bond acceptors (Lipinski definition) is 3. The number of amides is 1. The molecule has 2 N–H and O–H groups in total. The van der Waals surface area contributed by atoms with Gasteiger partial charge in [-0.15, -0.1) is 0 Å². The first kappa shape index (κ1) is 17.3. The Kier molecular flexibility index (Phi) is 5.64. The molecule has 1 saturated carbocycles. The summed E-state index contributed by atoms with van der Waals surface area (Å²) in [6.07, 6.45) is 4.85. The third-order valence-electron chi connectivity index (χ3n) is 4.14. The molecule has 0 aromatic heterocycles. The summed E-state index contributed by atoms with van der Waals surface area (Å²) in [5, 5.41) is 11.7. The van der Waals surface area contributed by atoms with E-state index in [1.807, 2.05) is 20.8 Å². The third-order valence-corrected chi connectivity index (χ3v) is 4.14. The fourth-order valence-corrected chi connectivity index (χ4v) is 2.71. The van der Waals surface area contributed by atoms with Crippen LogP contribution in [0.3, 0.4) is 0 Å². The van der Waals surface area contributed by atoms with Crippen molar-refractivity contribution < 1.29 is 19.4 Å². The van der Waals surface area contributed by atoms with Gasteiger partial charge in [-0.2, -0.15) is 0 Å². The average Bonchev–Trinajstić information content (AvgIpc) is 3.27. The predicted molar refractivity (Wildman–Crippen MR) is 87.9 cm³/mol. The molecule has 2 rings (SSSR count). The minimum absolute atomic E-state index is 0.0933. The van der Waals surface area contributed by atoms with E-state index in [1.165, 1.54) is 19.3 Å². The van der Waals surface area contributed by atoms with Crippen LogP contribution < -0.4 is 10.1 Å². The first-order valence-corrected chi connectivity index (χ1v) is 8.13. The maximum Gasteiger partial charge on any atom is 0.341 e. The van der Waals surface area contributed by atoms with Crippen LogP contribution in [0.1, 0.15) is 54.1 Å². The number of rotatable bonds is 8. The lowest BCUT2D eigenvalue weighted by atomic mass is 10.0. The van der Waals surface area contributed by atoms with Crippen LogP contribution in [0.2, 0.25) is 0 Å². The summed E-state index contributed by atoms with van der Waals surface area (Å²) in [6.45, 7) is 5.28. The summed E-state index contributed by atoms with van der Waals surface area (Å²) in [5.41, 5.74) is 2.12. The van der Waals surface area contributed by atoms with Gasteiger partial charge in [0.2, 0.25) is 0 Å². The number of benzene rings is 1. The van der Waals surface area contributed by atoms with Crippen LogP contribution in [0, 0.1) is 19.8 Å². The molecule has 0 heterocycles. The van der Waals surface area contributed by atoms with E-state index in [4.69, 9.17) is 9.84 Å². The molecule has 1 aromatic carbocycles. The molecular weight excluding hydrogens is 294 g/mol. The number of carbonyl (C=O) groups is 2. The van der Waals surface area contributed by atoms with E-state index in [1.54, 1.807) is 12.1 Å². The SMILES string of the molecule is Cc1cc(C(=O)NC(C)CCC2CC2)cc(C)c1OCC(=O)O. The van der Waals surface area contributed by atoms with Crippen molar-refractivity contribution in [1.82, 2.24) is 5.32 Å². The van der Waals surface area contributed by atoms with Gasteiger partial charge in [0.25, 0.3) is 5.91 Å². The Morgan fingerprint density at radius 2 is 1.91 bits per heavy atom. The molecule has 0 spiro atoms. The molecule has 5 nitrogen and oxygen atoms in total. The Balaban J connectivity index is 1.97. The molecule has 1 atom stereocenters. The molecule has 5 heteroatoms. The van der Waals surface area contributed by atoms with Crippen molar-refractivity contribution in [1.29, 1.82) is 0 Å². The largest absolute Gasteiger partial charge is 0.481 e. The maximum atomic E-state index is 12.4. The molecule has 1 aliphatic rings. The molecule has 1 fully saturated rings. The Hall–Kier alpha value is -2.04. The lowest BCUT2D eigenvalue weighted by Gasteiger charge is -2.16. The van der Waals surface area contributed by atoms with Crippen LogP contribution >= 0.6 is 0 Å². The van der Waals surface area contributed by atoms with Crippen LogP contribution in [0.4, 0.5) is 0 Å². The van der Waals surface area contributed by atoms with Crippen LogP contribution in [-0.4, -0.2) is 29.6 Å². The molecule has 1 aromatic rings. The Labute approximate surface area is 137 Å². The summed E-state index contributed by atoms with van der Waals surface area (Å²) in [7, 11) is 0. The number of carbonyl (C=O) groups excluding carboxylic acids is 1. The zero-order valence-corrected chi connectivity index (χ0v) is 14.0. The lowest BCUT2D eigenvalue weighted by Crippen LogP contribution is -2.32. The van der Waals surface area contributed by atoms with Gasteiger partial charge in [-0.25, -0.2) is 4.79 Å². The third kappa shape index (κ3) is 5.27. The second-order valence-electron chi connectivity index (χ2n) is 6.52. The normalized spacial score (nSPS) is 15.1. The highest BCUT2D eigenvalue weighted by Gasteiger charge is 2.22. The van der Waals surface area contributed by atoms with Crippen LogP contribution in [0.15, 0.2) is 12.1 Å². The number of aliphatic carboxylic acids is 1. The lowest BCUT2D eigenvalue weighted by molar-refractivity contribution is -0.139. The summed E-state index contributed by atoms with van der Waals surface area (Å²) in [4.78, 5) is 23.0. The second-order valence-corrected chi connectivity index (χ2v) is 6.52. The number of hydrogen-bond donors (Lipinski definition) is 2. The Morgan fingerprint density at radius 3 is 2.43 bits per heavy atom. The van der Waals surface area contributed by atoms with Crippen molar-refractivity contribution in [3.8, 4) is 5.75 Å². The molecule has 0 aliphatic heterocycles. The zero-order valence-electron chi connectivity index (χ0n) is 14.0. The summed E-state index contributed by atoms with van der Waals surface area (Å²) < 4.78 is 5.29. The van der Waals surface area contributed by atoms with Crippen LogP contribution in [-0.2, 0) is 4.79 Å². The fraction of sp³-hybridized carbons (Fsp3) is 0.556. The molecule has 0 saturated heterocycles. The van der Waals surface area contributed by atoms with Gasteiger partial charge in [0.05, 0.1) is 0 Å². The van der Waals surface area contributed by atoms with E-state index in [-0.39, 0.29) is 18.6 Å². The van der Waals surface area contributed by atoms with Gasteiger partial charge < -0.3 is 15.2 Å². The molecule has 23 heavy (non-hydrogen) atoms. The second kappa shape index (κ2) is 7.49. The van der Waals surface area contributed by atoms with Crippen molar-refractivity contribution in [3.05, 3.63) is 28.8 Å². The van der Waals surface area contributed by atoms with Gasteiger partial charge in [-0.1, -0.05) is 12.8 Å². The smallest absolute Gasteiger partial charge is 0.341 e. The molecule has 0 radical (unpaired) electrons. The van der Waals surface area contributed by atoms with Crippen LogP contribution in [0.25, 0.3) is 0 Å². The topological polar surface area (TPSA) is 75.6 Å². The molecular formula is C18H25NO4. The van der Waals surface area contributed by atoms with Gasteiger partial charge >= 0.3 is 5.97 Å². The number of ether oxygens (including phenoxy) is 1. The maximum absolute atomic E-state index is 12.4. The van der Waals surface area contributed by atoms with E-state index in [2.05, 4.69) is 5.32 Å². The Bertz CT molecular complexity index is 570. The van der Waals surface area contributed by atoms with Gasteiger partial charge in [0, 0.05) is 11.6 Å². The summed E-state index contributed by atoms with van der Waals surface area (Å²) in [5.74, 6) is 0.287. The highest BCUT2D eigenvalue weighted by molar-refractivity contribution is 5.95.